The third kappa shape index (κ3) is 3.08. The van der Waals surface area contributed by atoms with Gasteiger partial charge in [0.25, 0.3) is 0 Å². The standard InChI is InChI=1S/C14H18N2/c15-11-14-5-3-12(4-6-14)1-2-13-7-9-16-10-8-13/h3-6,13,16H,1-2,7-10H2. The van der Waals surface area contributed by atoms with Gasteiger partial charge in [0.15, 0.2) is 0 Å². The average Bonchev–Trinajstić information content (AvgIpc) is 2.38. The van der Waals surface area contributed by atoms with E-state index in [-0.39, 0.29) is 0 Å². The smallest absolute Gasteiger partial charge is 0.0991 e. The van der Waals surface area contributed by atoms with Crippen LogP contribution in [0.3, 0.4) is 0 Å². The van der Waals surface area contributed by atoms with Crippen molar-refractivity contribution in [1.29, 1.82) is 5.26 Å². The Morgan fingerprint density at radius 2 is 1.88 bits per heavy atom. The summed E-state index contributed by atoms with van der Waals surface area (Å²) < 4.78 is 0. The first-order valence-corrected chi connectivity index (χ1v) is 6.08. The summed E-state index contributed by atoms with van der Waals surface area (Å²) in [5, 5.41) is 12.1. The van der Waals surface area contributed by atoms with Crippen LogP contribution in [0.4, 0.5) is 0 Å². The maximum absolute atomic E-state index is 8.71. The van der Waals surface area contributed by atoms with Crippen LogP contribution in [0.15, 0.2) is 24.3 Å². The molecule has 1 aliphatic rings. The molecule has 16 heavy (non-hydrogen) atoms. The Morgan fingerprint density at radius 1 is 1.19 bits per heavy atom. The van der Waals surface area contributed by atoms with Gasteiger partial charge < -0.3 is 5.32 Å². The monoisotopic (exact) mass is 214 g/mol. The van der Waals surface area contributed by atoms with E-state index in [0.717, 1.165) is 17.9 Å². The van der Waals surface area contributed by atoms with Crippen molar-refractivity contribution in [2.45, 2.75) is 25.7 Å². The van der Waals surface area contributed by atoms with Gasteiger partial charge in [-0.15, -0.1) is 0 Å². The van der Waals surface area contributed by atoms with Crippen LogP contribution in [0.2, 0.25) is 0 Å². The Hall–Kier alpha value is -1.33. The highest BCUT2D eigenvalue weighted by molar-refractivity contribution is 5.31. The second-order valence-corrected chi connectivity index (χ2v) is 4.54. The summed E-state index contributed by atoms with van der Waals surface area (Å²) in [7, 11) is 0. The minimum Gasteiger partial charge on any atom is -0.317 e. The SMILES string of the molecule is N#Cc1ccc(CCC2CCNCC2)cc1. The van der Waals surface area contributed by atoms with Crippen molar-refractivity contribution in [2.24, 2.45) is 5.92 Å². The maximum Gasteiger partial charge on any atom is 0.0991 e. The van der Waals surface area contributed by atoms with E-state index in [1.54, 1.807) is 0 Å². The third-order valence-corrected chi connectivity index (χ3v) is 3.38. The zero-order valence-electron chi connectivity index (χ0n) is 9.58. The van der Waals surface area contributed by atoms with E-state index in [9.17, 15) is 0 Å². The van der Waals surface area contributed by atoms with E-state index in [2.05, 4.69) is 23.5 Å². The molecule has 0 amide bonds. The molecule has 0 aromatic heterocycles. The molecule has 0 unspecified atom stereocenters. The third-order valence-electron chi connectivity index (χ3n) is 3.38. The number of hydrogen-bond donors (Lipinski definition) is 1. The number of piperidine rings is 1. The van der Waals surface area contributed by atoms with Gasteiger partial charge in [-0.3, -0.25) is 0 Å². The first-order valence-electron chi connectivity index (χ1n) is 6.08. The Kier molecular flexibility index (Phi) is 3.96. The Labute approximate surface area is 97.3 Å². The van der Waals surface area contributed by atoms with E-state index in [1.807, 2.05) is 12.1 Å². The molecular formula is C14H18N2. The van der Waals surface area contributed by atoms with Crippen LogP contribution in [0.25, 0.3) is 0 Å². The highest BCUT2D eigenvalue weighted by Gasteiger charge is 2.12. The van der Waals surface area contributed by atoms with Gasteiger partial charge in [0.05, 0.1) is 11.6 Å². The van der Waals surface area contributed by atoms with Crippen LogP contribution in [-0.4, -0.2) is 13.1 Å². The molecule has 1 aliphatic heterocycles. The van der Waals surface area contributed by atoms with E-state index < -0.39 is 0 Å². The predicted molar refractivity (Wildman–Crippen MR) is 65.1 cm³/mol. The number of hydrogen-bond acceptors (Lipinski definition) is 2. The second-order valence-electron chi connectivity index (χ2n) is 4.54. The summed E-state index contributed by atoms with van der Waals surface area (Å²) in [5.74, 6) is 0.886. The second kappa shape index (κ2) is 5.67. The molecule has 0 bridgehead atoms. The van der Waals surface area contributed by atoms with E-state index in [4.69, 9.17) is 5.26 Å². The summed E-state index contributed by atoms with van der Waals surface area (Å²) in [6.45, 7) is 2.36. The normalized spacial score (nSPS) is 16.9. The lowest BCUT2D eigenvalue weighted by Crippen LogP contribution is -2.27. The summed E-state index contributed by atoms with van der Waals surface area (Å²) in [6, 6.07) is 10.1. The van der Waals surface area contributed by atoms with Gasteiger partial charge in [0.2, 0.25) is 0 Å². The van der Waals surface area contributed by atoms with Gasteiger partial charge >= 0.3 is 0 Å². The predicted octanol–water partition coefficient (Wildman–Crippen LogP) is 2.49. The summed E-state index contributed by atoms with van der Waals surface area (Å²) in [4.78, 5) is 0. The van der Waals surface area contributed by atoms with Gasteiger partial charge in [-0.2, -0.15) is 5.26 Å². The molecule has 2 heteroatoms. The Balaban J connectivity index is 1.82. The first-order chi connectivity index (χ1) is 7.88. The highest BCUT2D eigenvalue weighted by atomic mass is 14.9. The molecule has 1 saturated heterocycles. The van der Waals surface area contributed by atoms with Crippen molar-refractivity contribution < 1.29 is 0 Å². The lowest BCUT2D eigenvalue weighted by atomic mass is 9.91. The number of nitrogens with zero attached hydrogens (tertiary/aromatic N) is 1. The summed E-state index contributed by atoms with van der Waals surface area (Å²) >= 11 is 0. The van der Waals surface area contributed by atoms with Crippen LogP contribution in [-0.2, 0) is 6.42 Å². The van der Waals surface area contributed by atoms with Crippen molar-refractivity contribution in [3.05, 3.63) is 35.4 Å². The highest BCUT2D eigenvalue weighted by Crippen LogP contribution is 2.18. The van der Waals surface area contributed by atoms with Gasteiger partial charge in [-0.25, -0.2) is 0 Å². The van der Waals surface area contributed by atoms with Crippen molar-refractivity contribution in [3.8, 4) is 6.07 Å². The number of rotatable bonds is 3. The van der Waals surface area contributed by atoms with Gasteiger partial charge in [-0.1, -0.05) is 12.1 Å². The van der Waals surface area contributed by atoms with Crippen molar-refractivity contribution in [1.82, 2.24) is 5.32 Å². The minimum absolute atomic E-state index is 0.755. The molecule has 1 fully saturated rings. The van der Waals surface area contributed by atoms with Crippen LogP contribution >= 0.6 is 0 Å². The molecule has 0 aliphatic carbocycles. The fourth-order valence-corrected chi connectivity index (χ4v) is 2.29. The number of nitrogens with one attached hydrogen (secondary N) is 1. The average molecular weight is 214 g/mol. The fourth-order valence-electron chi connectivity index (χ4n) is 2.29. The first kappa shape index (κ1) is 11.2. The van der Waals surface area contributed by atoms with Gasteiger partial charge in [0, 0.05) is 0 Å². The number of nitriles is 1. The lowest BCUT2D eigenvalue weighted by molar-refractivity contribution is 0.354. The van der Waals surface area contributed by atoms with Gasteiger partial charge in [0.1, 0.15) is 0 Å². The Bertz CT molecular complexity index is 355. The van der Waals surface area contributed by atoms with E-state index in [0.29, 0.717) is 0 Å². The quantitative estimate of drug-likeness (QED) is 0.839. The molecule has 0 spiro atoms. The molecule has 2 nitrogen and oxygen atoms in total. The van der Waals surface area contributed by atoms with Crippen molar-refractivity contribution in [3.63, 3.8) is 0 Å². The van der Waals surface area contributed by atoms with Crippen molar-refractivity contribution >= 4 is 0 Å². The lowest BCUT2D eigenvalue weighted by Gasteiger charge is -2.22. The molecule has 84 valence electrons. The molecule has 0 atom stereocenters. The molecule has 1 aromatic carbocycles. The van der Waals surface area contributed by atoms with Crippen molar-refractivity contribution in [2.75, 3.05) is 13.1 Å². The molecule has 0 saturated carbocycles. The van der Waals surface area contributed by atoms with Gasteiger partial charge in [-0.05, 0) is 62.4 Å². The molecule has 1 N–H and O–H groups in total. The fraction of sp³-hybridized carbons (Fsp3) is 0.500. The summed E-state index contributed by atoms with van der Waals surface area (Å²) in [5.41, 5.74) is 2.11. The number of benzene rings is 1. The zero-order valence-corrected chi connectivity index (χ0v) is 9.58. The number of aryl methyl sites for hydroxylation is 1. The van der Waals surface area contributed by atoms with Crippen LogP contribution in [0, 0.1) is 17.2 Å². The van der Waals surface area contributed by atoms with Crippen LogP contribution in [0.1, 0.15) is 30.4 Å². The largest absolute Gasteiger partial charge is 0.317 e. The maximum atomic E-state index is 8.71. The molecular weight excluding hydrogens is 196 g/mol. The van der Waals surface area contributed by atoms with Crippen LogP contribution in [0.5, 0.6) is 0 Å². The molecule has 1 aromatic rings. The van der Waals surface area contributed by atoms with E-state index in [1.165, 1.54) is 37.9 Å². The topological polar surface area (TPSA) is 35.8 Å². The zero-order chi connectivity index (χ0) is 11.2. The van der Waals surface area contributed by atoms with Crippen LogP contribution < -0.4 is 5.32 Å². The summed E-state index contributed by atoms with van der Waals surface area (Å²) in [6.07, 6.45) is 5.07. The minimum atomic E-state index is 0.755. The molecule has 1 heterocycles. The molecule has 0 radical (unpaired) electrons. The van der Waals surface area contributed by atoms with E-state index >= 15 is 0 Å². The Morgan fingerprint density at radius 3 is 2.50 bits per heavy atom. The molecule has 2 rings (SSSR count).